The van der Waals surface area contributed by atoms with E-state index in [-0.39, 0.29) is 21.3 Å². The molecule has 2 aromatic rings. The number of nitrogens with zero attached hydrogens (tertiary/aromatic N) is 4. The zero-order valence-electron chi connectivity index (χ0n) is 25.5. The summed E-state index contributed by atoms with van der Waals surface area (Å²) in [5.74, 6) is -0.663. The van der Waals surface area contributed by atoms with E-state index in [4.69, 9.17) is 12.3 Å². The molecule has 170 valence electrons. The van der Waals surface area contributed by atoms with Crippen LogP contribution in [0.4, 0.5) is 14.7 Å². The number of halogens is 2. The number of rotatable bonds is 5. The first-order chi connectivity index (χ1) is 18.0. The molecule has 1 saturated heterocycles. The fourth-order valence-corrected chi connectivity index (χ4v) is 4.42. The number of pyridine rings is 1. The van der Waals surface area contributed by atoms with Gasteiger partial charge in [0.05, 0.1) is 13.1 Å². The molecule has 11 heteroatoms. The standard InChI is InChI=1S/C20H27F2N5O3S/c1-12-4-3-5-16(12)27-18-13(10-15(17(21)22)19(27)28)11-23-20(25-18)24-14-6-8-26(9-7-14)31(2,29)30/h10-12,14,16-17H,3-9H2,1-2H3,(H,23,24,25)/t12-,16+/m0/s1/i2D3,6D2,7D2,14D,17D. The van der Waals surface area contributed by atoms with E-state index in [2.05, 4.69) is 15.3 Å². The molecule has 2 atom stereocenters. The molecule has 2 aromatic heterocycles. The van der Waals surface area contributed by atoms with Crippen molar-refractivity contribution in [1.82, 2.24) is 18.8 Å². The average Bonchev–Trinajstić information content (AvgIpc) is 3.20. The Morgan fingerprint density at radius 1 is 1.39 bits per heavy atom. The van der Waals surface area contributed by atoms with Crippen molar-refractivity contribution in [2.24, 2.45) is 5.92 Å². The van der Waals surface area contributed by atoms with E-state index in [1.165, 1.54) is 0 Å². The Balaban J connectivity index is 1.83. The second kappa shape index (κ2) is 8.42. The molecule has 1 aliphatic carbocycles. The molecule has 0 amide bonds. The van der Waals surface area contributed by atoms with Gasteiger partial charge in [0.25, 0.3) is 12.0 Å². The molecule has 0 spiro atoms. The second-order valence-corrected chi connectivity index (χ2v) is 9.03. The van der Waals surface area contributed by atoms with Crippen LogP contribution < -0.4 is 10.9 Å². The minimum absolute atomic E-state index is 0.0465. The number of alkyl halides is 2. The Kier molecular flexibility index (Phi) is 3.64. The van der Waals surface area contributed by atoms with Crippen molar-refractivity contribution in [3.05, 3.63) is 28.2 Å². The van der Waals surface area contributed by atoms with Crippen LogP contribution in [0.3, 0.4) is 0 Å². The third-order valence-electron chi connectivity index (χ3n) is 5.57. The largest absolute Gasteiger partial charge is 0.351 e. The maximum atomic E-state index is 14.0. The molecule has 1 aliphatic heterocycles. The number of aromatic nitrogens is 3. The van der Waals surface area contributed by atoms with E-state index < -0.39 is 77.6 Å². The van der Waals surface area contributed by atoms with Crippen LogP contribution in [0.2, 0.25) is 0 Å². The summed E-state index contributed by atoms with van der Waals surface area (Å²) in [7, 11) is -5.14. The molecule has 8 nitrogen and oxygen atoms in total. The highest BCUT2D eigenvalue weighted by Crippen LogP contribution is 2.36. The topological polar surface area (TPSA) is 97.2 Å². The summed E-state index contributed by atoms with van der Waals surface area (Å²) in [6.07, 6.45) is -11.0. The highest BCUT2D eigenvalue weighted by atomic mass is 32.2. The lowest BCUT2D eigenvalue weighted by molar-refractivity contribution is 0.148. The lowest BCUT2D eigenvalue weighted by Gasteiger charge is -2.30. The Labute approximate surface area is 192 Å². The van der Waals surface area contributed by atoms with Crippen molar-refractivity contribution >= 4 is 27.0 Å². The van der Waals surface area contributed by atoms with Gasteiger partial charge in [0.1, 0.15) is 7.02 Å². The van der Waals surface area contributed by atoms with Gasteiger partial charge >= 0.3 is 0 Å². The number of nitrogens with one attached hydrogen (secondary N) is 1. The van der Waals surface area contributed by atoms with E-state index >= 15 is 0 Å². The maximum absolute atomic E-state index is 14.0. The Morgan fingerprint density at radius 2 is 2.13 bits per heavy atom. The summed E-state index contributed by atoms with van der Waals surface area (Å²) < 4.78 is 125. The van der Waals surface area contributed by atoms with Gasteiger partial charge in [0, 0.05) is 46.3 Å². The quantitative estimate of drug-likeness (QED) is 0.731. The van der Waals surface area contributed by atoms with Crippen molar-refractivity contribution in [1.29, 1.82) is 0 Å². The minimum atomic E-state index is -5.14. The van der Waals surface area contributed by atoms with Crippen LogP contribution in [0.15, 0.2) is 17.1 Å². The number of hydrogen-bond acceptors (Lipinski definition) is 6. The van der Waals surface area contributed by atoms with Crippen molar-refractivity contribution in [2.45, 2.75) is 57.4 Å². The number of sulfonamides is 1. The van der Waals surface area contributed by atoms with E-state index in [0.717, 1.165) is 16.8 Å². The van der Waals surface area contributed by atoms with Gasteiger partial charge in [0.2, 0.25) is 16.0 Å². The first-order valence-electron chi connectivity index (χ1n) is 14.1. The number of fused-ring (bicyclic) bond motifs is 1. The van der Waals surface area contributed by atoms with Crippen LogP contribution in [0.5, 0.6) is 0 Å². The molecular weight excluding hydrogens is 428 g/mol. The number of hydrogen-bond donors (Lipinski definition) is 1. The second-order valence-electron chi connectivity index (χ2n) is 7.57. The molecule has 2 fully saturated rings. The van der Waals surface area contributed by atoms with Gasteiger partial charge in [-0.2, -0.15) is 4.98 Å². The molecule has 0 radical (unpaired) electrons. The zero-order chi connectivity index (χ0) is 30.3. The fourth-order valence-electron chi connectivity index (χ4n) is 3.96. The third-order valence-corrected chi connectivity index (χ3v) is 6.50. The van der Waals surface area contributed by atoms with Gasteiger partial charge in [-0.1, -0.05) is 13.3 Å². The molecule has 0 unspecified atom stereocenters. The van der Waals surface area contributed by atoms with Crippen molar-refractivity contribution in [3.63, 3.8) is 0 Å². The Bertz CT molecular complexity index is 1480. The molecule has 0 bridgehead atoms. The highest BCUT2D eigenvalue weighted by Gasteiger charge is 2.30. The van der Waals surface area contributed by atoms with E-state index in [0.29, 0.717) is 19.3 Å². The maximum Gasteiger partial charge on any atom is 0.269 e. The summed E-state index contributed by atoms with van der Waals surface area (Å²) in [5, 5.41) is 2.22. The normalized spacial score (nSPS) is 32.9. The van der Waals surface area contributed by atoms with Gasteiger partial charge in [0.15, 0.2) is 0 Å². The van der Waals surface area contributed by atoms with Gasteiger partial charge in [-0.15, -0.1) is 0 Å². The molecule has 1 N–H and O–H groups in total. The molecule has 0 aromatic carbocycles. The van der Waals surface area contributed by atoms with Gasteiger partial charge < -0.3 is 5.32 Å². The molecular formula is C20H27F2N5O3S. The van der Waals surface area contributed by atoms with Gasteiger partial charge in [-0.3, -0.25) is 9.36 Å². The van der Waals surface area contributed by atoms with Gasteiger partial charge in [-0.25, -0.2) is 26.5 Å². The first kappa shape index (κ1) is 13.4. The predicted octanol–water partition coefficient (Wildman–Crippen LogP) is 2.93. The summed E-state index contributed by atoms with van der Waals surface area (Å²) in [6.45, 7) is -0.530. The molecule has 4 rings (SSSR count). The molecule has 2 aliphatic rings. The van der Waals surface area contributed by atoms with Crippen LogP contribution in [-0.4, -0.2) is 52.5 Å². The average molecular weight is 465 g/mol. The first-order valence-corrected chi connectivity index (χ1v) is 11.1. The van der Waals surface area contributed by atoms with Crippen LogP contribution in [-0.2, 0) is 10.0 Å². The summed E-state index contributed by atoms with van der Waals surface area (Å²) in [6, 6.07) is -2.75. The van der Waals surface area contributed by atoms with E-state index in [9.17, 15) is 22.0 Å². The number of piperidine rings is 1. The summed E-state index contributed by atoms with van der Waals surface area (Å²) in [4.78, 5) is 21.2. The van der Waals surface area contributed by atoms with Crippen molar-refractivity contribution in [2.75, 3.05) is 24.6 Å². The SMILES string of the molecule is [2H]C(F)(F)c1cc2cnc(NC3([2H])C([2H])([2H])CN(S(=O)(=O)C([2H])([2H])[2H])CC3([2H])[2H])nc2n([C@@H]2CCC[C@@H]2C)c1=O. The Morgan fingerprint density at radius 3 is 2.74 bits per heavy atom. The smallest absolute Gasteiger partial charge is 0.269 e. The van der Waals surface area contributed by atoms with Crippen LogP contribution in [0.1, 0.15) is 69.3 Å². The third kappa shape index (κ3) is 4.43. The Hall–Kier alpha value is -2.14. The summed E-state index contributed by atoms with van der Waals surface area (Å²) >= 11 is 0. The molecule has 31 heavy (non-hydrogen) atoms. The summed E-state index contributed by atoms with van der Waals surface area (Å²) in [5.41, 5.74) is -2.39. The minimum Gasteiger partial charge on any atom is -0.351 e. The van der Waals surface area contributed by atoms with Crippen LogP contribution in [0, 0.1) is 5.92 Å². The fraction of sp³-hybridized carbons (Fsp3) is 0.650. The lowest BCUT2D eigenvalue weighted by atomic mass is 10.1. The molecule has 1 saturated carbocycles. The van der Waals surface area contributed by atoms with Gasteiger partial charge in [-0.05, 0) is 37.6 Å². The zero-order valence-corrected chi connectivity index (χ0v) is 17.3. The number of anilines is 1. The van der Waals surface area contributed by atoms with Crippen molar-refractivity contribution < 1.29 is 29.5 Å². The molecule has 3 heterocycles. The highest BCUT2D eigenvalue weighted by molar-refractivity contribution is 7.88. The predicted molar refractivity (Wildman–Crippen MR) is 114 cm³/mol. The van der Waals surface area contributed by atoms with E-state index in [1.54, 1.807) is 0 Å². The van der Waals surface area contributed by atoms with E-state index in [1.807, 2.05) is 6.92 Å². The monoisotopic (exact) mass is 464 g/mol. The van der Waals surface area contributed by atoms with Crippen molar-refractivity contribution in [3.8, 4) is 0 Å². The lowest BCUT2D eigenvalue weighted by Crippen LogP contribution is -2.42. The van der Waals surface area contributed by atoms with Crippen LogP contribution in [0.25, 0.3) is 11.0 Å². The van der Waals surface area contributed by atoms with Crippen LogP contribution >= 0.6 is 0 Å².